The van der Waals surface area contributed by atoms with Gasteiger partial charge in [0.25, 0.3) is 0 Å². The van der Waals surface area contributed by atoms with Crippen LogP contribution in [0.4, 0.5) is 5.69 Å². The lowest BCUT2D eigenvalue weighted by Gasteiger charge is -2.14. The van der Waals surface area contributed by atoms with Crippen molar-refractivity contribution in [3.63, 3.8) is 0 Å². The lowest BCUT2D eigenvalue weighted by Crippen LogP contribution is -2.15. The molecule has 1 N–H and O–H groups in total. The van der Waals surface area contributed by atoms with Crippen molar-refractivity contribution in [1.29, 1.82) is 0 Å². The normalized spacial score (nSPS) is 10.6. The molecule has 0 saturated heterocycles. The van der Waals surface area contributed by atoms with Gasteiger partial charge in [-0.1, -0.05) is 49.7 Å². The number of benzene rings is 2. The van der Waals surface area contributed by atoms with Gasteiger partial charge in [0.2, 0.25) is 5.91 Å². The highest BCUT2D eigenvalue weighted by atomic mass is 32.2. The molecule has 0 aliphatic carbocycles. The smallest absolute Gasteiger partial charge is 0.225 e. The van der Waals surface area contributed by atoms with Crippen molar-refractivity contribution >= 4 is 23.4 Å². The van der Waals surface area contributed by atoms with Gasteiger partial charge in [-0.25, -0.2) is 0 Å². The van der Waals surface area contributed by atoms with Crippen LogP contribution >= 0.6 is 11.8 Å². The molecule has 3 heteroatoms. The van der Waals surface area contributed by atoms with Crippen molar-refractivity contribution in [2.75, 3.05) is 11.1 Å². The summed E-state index contributed by atoms with van der Waals surface area (Å²) in [6.07, 6.45) is 2.39. The number of rotatable bonds is 7. The molecule has 0 spiro atoms. The average Bonchev–Trinajstić information content (AvgIpc) is 2.57. The first-order valence-corrected chi connectivity index (χ1v) is 9.22. The molecule has 0 aliphatic rings. The van der Waals surface area contributed by atoms with E-state index in [1.165, 1.54) is 21.6 Å². The van der Waals surface area contributed by atoms with Crippen LogP contribution in [0.15, 0.2) is 47.4 Å². The first kappa shape index (κ1) is 17.6. The number of thioether (sulfide) groups is 1. The van der Waals surface area contributed by atoms with Crippen LogP contribution < -0.4 is 5.32 Å². The summed E-state index contributed by atoms with van der Waals surface area (Å²) in [6, 6.07) is 14.7. The van der Waals surface area contributed by atoms with E-state index in [1.807, 2.05) is 0 Å². The summed E-state index contributed by atoms with van der Waals surface area (Å²) in [6.45, 7) is 6.33. The van der Waals surface area contributed by atoms with Gasteiger partial charge in [0.1, 0.15) is 0 Å². The molecule has 0 aromatic heterocycles. The Hall–Kier alpha value is -1.74. The number of aryl methyl sites for hydroxylation is 3. The monoisotopic (exact) mass is 327 g/mol. The van der Waals surface area contributed by atoms with Crippen LogP contribution in [-0.4, -0.2) is 11.7 Å². The maximum atomic E-state index is 12.3. The molecule has 0 fully saturated rings. The average molecular weight is 327 g/mol. The summed E-state index contributed by atoms with van der Waals surface area (Å²) < 4.78 is 0. The number of carbonyl (C=O) groups excluding carboxylic acids is 1. The van der Waals surface area contributed by atoms with Crippen LogP contribution in [0, 0.1) is 6.92 Å². The summed E-state index contributed by atoms with van der Waals surface area (Å²) >= 11 is 1.73. The maximum Gasteiger partial charge on any atom is 0.225 e. The van der Waals surface area contributed by atoms with E-state index in [9.17, 15) is 4.79 Å². The Morgan fingerprint density at radius 1 is 1.00 bits per heavy atom. The molecule has 0 bridgehead atoms. The van der Waals surface area contributed by atoms with E-state index in [2.05, 4.69) is 68.6 Å². The van der Waals surface area contributed by atoms with Crippen LogP contribution in [0.2, 0.25) is 0 Å². The van der Waals surface area contributed by atoms with Crippen molar-refractivity contribution in [3.8, 4) is 0 Å². The number of amides is 1. The third-order valence-corrected chi connectivity index (χ3v) is 4.90. The standard InChI is InChI=1S/C20H25NOS/c1-4-16-7-6-8-17(5-2)20(16)21-19(22)13-14-23-18-11-9-15(3)10-12-18/h6-12H,4-5,13-14H2,1-3H3,(H,21,22). The predicted molar refractivity (Wildman–Crippen MR) is 100 cm³/mol. The molecule has 122 valence electrons. The second kappa shape index (κ2) is 8.78. The van der Waals surface area contributed by atoms with E-state index in [0.717, 1.165) is 24.3 Å². The molecule has 0 saturated carbocycles. The van der Waals surface area contributed by atoms with Crippen LogP contribution in [0.1, 0.15) is 37.0 Å². The molecular formula is C20H25NOS. The van der Waals surface area contributed by atoms with Gasteiger partial charge in [0, 0.05) is 22.8 Å². The number of anilines is 1. The van der Waals surface area contributed by atoms with Crippen molar-refractivity contribution in [1.82, 2.24) is 0 Å². The molecule has 0 radical (unpaired) electrons. The molecule has 23 heavy (non-hydrogen) atoms. The van der Waals surface area contributed by atoms with Crippen molar-refractivity contribution in [2.45, 2.75) is 44.9 Å². The van der Waals surface area contributed by atoms with E-state index in [-0.39, 0.29) is 5.91 Å². The molecule has 2 rings (SSSR count). The summed E-state index contributed by atoms with van der Waals surface area (Å²) in [5.74, 6) is 0.894. The minimum Gasteiger partial charge on any atom is -0.326 e. The fourth-order valence-electron chi connectivity index (χ4n) is 2.50. The van der Waals surface area contributed by atoms with Crippen LogP contribution in [0.3, 0.4) is 0 Å². The third kappa shape index (κ3) is 5.14. The first-order chi connectivity index (χ1) is 11.1. The third-order valence-electron chi connectivity index (χ3n) is 3.88. The van der Waals surface area contributed by atoms with E-state index < -0.39 is 0 Å². The van der Waals surface area contributed by atoms with Crippen molar-refractivity contribution in [3.05, 3.63) is 59.2 Å². The summed E-state index contributed by atoms with van der Waals surface area (Å²) in [7, 11) is 0. The SMILES string of the molecule is CCc1cccc(CC)c1NC(=O)CCSc1ccc(C)cc1. The summed E-state index contributed by atoms with van der Waals surface area (Å²) in [5, 5.41) is 3.12. The number of nitrogens with one attached hydrogen (secondary N) is 1. The fourth-order valence-corrected chi connectivity index (χ4v) is 3.35. The van der Waals surface area contributed by atoms with Gasteiger partial charge in [-0.3, -0.25) is 4.79 Å². The Morgan fingerprint density at radius 2 is 1.61 bits per heavy atom. The lowest BCUT2D eigenvalue weighted by atomic mass is 10.0. The summed E-state index contributed by atoms with van der Waals surface area (Å²) in [4.78, 5) is 13.5. The Kier molecular flexibility index (Phi) is 6.72. The Morgan fingerprint density at radius 3 is 2.17 bits per heavy atom. The molecule has 2 nitrogen and oxygen atoms in total. The molecule has 2 aromatic rings. The Balaban J connectivity index is 1.91. The molecule has 0 aliphatic heterocycles. The van der Waals surface area contributed by atoms with Crippen LogP contribution in [0.25, 0.3) is 0 Å². The summed E-state index contributed by atoms with van der Waals surface area (Å²) in [5.41, 5.74) is 4.70. The zero-order valence-corrected chi connectivity index (χ0v) is 15.0. The molecule has 0 atom stereocenters. The molecule has 2 aromatic carbocycles. The molecular weight excluding hydrogens is 302 g/mol. The zero-order chi connectivity index (χ0) is 16.7. The van der Waals surface area contributed by atoms with Gasteiger partial charge >= 0.3 is 0 Å². The zero-order valence-electron chi connectivity index (χ0n) is 14.2. The minimum absolute atomic E-state index is 0.0974. The Labute approximate surface area is 143 Å². The highest BCUT2D eigenvalue weighted by molar-refractivity contribution is 7.99. The van der Waals surface area contributed by atoms with E-state index >= 15 is 0 Å². The topological polar surface area (TPSA) is 29.1 Å². The van der Waals surface area contributed by atoms with Crippen LogP contribution in [0.5, 0.6) is 0 Å². The fraction of sp³-hybridized carbons (Fsp3) is 0.350. The van der Waals surface area contributed by atoms with Gasteiger partial charge in [-0.2, -0.15) is 0 Å². The van der Waals surface area contributed by atoms with Gasteiger partial charge in [-0.15, -0.1) is 11.8 Å². The molecule has 0 unspecified atom stereocenters. The minimum atomic E-state index is 0.0974. The van der Waals surface area contributed by atoms with Gasteiger partial charge in [-0.05, 0) is 43.0 Å². The highest BCUT2D eigenvalue weighted by Gasteiger charge is 2.10. The predicted octanol–water partition coefficient (Wildman–Crippen LogP) is 5.24. The van der Waals surface area contributed by atoms with Crippen molar-refractivity contribution in [2.24, 2.45) is 0 Å². The number of hydrogen-bond acceptors (Lipinski definition) is 2. The molecule has 0 heterocycles. The number of hydrogen-bond donors (Lipinski definition) is 1. The first-order valence-electron chi connectivity index (χ1n) is 8.24. The number of carbonyl (C=O) groups is 1. The van der Waals surface area contributed by atoms with E-state index in [1.54, 1.807) is 11.8 Å². The lowest BCUT2D eigenvalue weighted by molar-refractivity contribution is -0.115. The second-order valence-electron chi connectivity index (χ2n) is 5.62. The Bertz CT molecular complexity index is 627. The highest BCUT2D eigenvalue weighted by Crippen LogP contribution is 2.24. The van der Waals surface area contributed by atoms with Crippen LogP contribution in [-0.2, 0) is 17.6 Å². The van der Waals surface area contributed by atoms with Gasteiger partial charge < -0.3 is 5.32 Å². The van der Waals surface area contributed by atoms with E-state index in [0.29, 0.717) is 6.42 Å². The second-order valence-corrected chi connectivity index (χ2v) is 6.79. The molecule has 1 amide bonds. The van der Waals surface area contributed by atoms with Gasteiger partial charge in [0.05, 0.1) is 0 Å². The largest absolute Gasteiger partial charge is 0.326 e. The van der Waals surface area contributed by atoms with Gasteiger partial charge in [0.15, 0.2) is 0 Å². The quantitative estimate of drug-likeness (QED) is 0.705. The van der Waals surface area contributed by atoms with Crippen molar-refractivity contribution < 1.29 is 4.79 Å². The maximum absolute atomic E-state index is 12.3. The van der Waals surface area contributed by atoms with E-state index in [4.69, 9.17) is 0 Å². The number of para-hydroxylation sites is 1.